The summed E-state index contributed by atoms with van der Waals surface area (Å²) < 4.78 is 15.7. The number of hydrogen-bond acceptors (Lipinski definition) is 6. The topological polar surface area (TPSA) is 125 Å². The molecule has 2 aromatic carbocycles. The van der Waals surface area contributed by atoms with Crippen molar-refractivity contribution in [1.29, 1.82) is 0 Å². The number of nitrogens with zero attached hydrogens (tertiary/aromatic N) is 1. The van der Waals surface area contributed by atoms with Gasteiger partial charge in [0.15, 0.2) is 18.1 Å². The van der Waals surface area contributed by atoms with Crippen LogP contribution in [-0.4, -0.2) is 17.0 Å². The van der Waals surface area contributed by atoms with Crippen molar-refractivity contribution in [2.45, 2.75) is 34.0 Å². The summed E-state index contributed by atoms with van der Waals surface area (Å²) in [5, 5.41) is 17.5. The molecule has 3 aromatic rings. The van der Waals surface area contributed by atoms with Crippen LogP contribution in [0.15, 0.2) is 59.1 Å². The van der Waals surface area contributed by atoms with Crippen LogP contribution < -0.4 is 15.6 Å². The lowest BCUT2D eigenvalue weighted by Gasteiger charge is -2.17. The molecule has 0 saturated carbocycles. The number of carbonyl (C=O) groups excluding carboxylic acids is 1. The quantitative estimate of drug-likeness (QED) is 0.342. The van der Waals surface area contributed by atoms with E-state index < -0.39 is 6.09 Å². The summed E-state index contributed by atoms with van der Waals surface area (Å²) in [6.07, 6.45) is -0.873. The maximum atomic E-state index is 11.4. The number of nitrogens with one attached hydrogen (secondary N) is 1. The fourth-order valence-corrected chi connectivity index (χ4v) is 3.01. The summed E-state index contributed by atoms with van der Waals surface area (Å²) in [4.78, 5) is 10.7. The van der Waals surface area contributed by atoms with E-state index in [1.165, 1.54) is 0 Å². The zero-order valence-electron chi connectivity index (χ0n) is 17.7. The first-order chi connectivity index (χ1) is 14.8. The van der Waals surface area contributed by atoms with E-state index in [0.717, 1.165) is 16.7 Å². The number of amides is 1. The van der Waals surface area contributed by atoms with E-state index in [-0.39, 0.29) is 12.0 Å². The van der Waals surface area contributed by atoms with Crippen LogP contribution in [0.4, 0.5) is 4.79 Å². The second kappa shape index (κ2) is 9.34. The van der Waals surface area contributed by atoms with E-state index in [2.05, 4.69) is 15.0 Å². The SMILES string of the molecule is CC(C)(C)C(=[NH+][O-])c1cccc(COc2ccc(-c3cc(COC(N)=O)on3)cc2)c1. The van der Waals surface area contributed by atoms with Gasteiger partial charge in [0.05, 0.1) is 0 Å². The van der Waals surface area contributed by atoms with Crippen LogP contribution in [0.3, 0.4) is 0 Å². The van der Waals surface area contributed by atoms with Crippen LogP contribution in [0.2, 0.25) is 0 Å². The summed E-state index contributed by atoms with van der Waals surface area (Å²) in [6, 6.07) is 16.8. The molecule has 0 bridgehead atoms. The van der Waals surface area contributed by atoms with E-state index in [9.17, 15) is 10.0 Å². The molecule has 0 atom stereocenters. The van der Waals surface area contributed by atoms with Gasteiger partial charge in [0.25, 0.3) is 0 Å². The van der Waals surface area contributed by atoms with Crippen molar-refractivity contribution in [3.8, 4) is 17.0 Å². The smallest absolute Gasteiger partial charge is 0.404 e. The van der Waals surface area contributed by atoms with Crippen LogP contribution in [0.5, 0.6) is 5.75 Å². The number of benzene rings is 2. The fourth-order valence-electron chi connectivity index (χ4n) is 3.01. The Morgan fingerprint density at radius 2 is 1.87 bits per heavy atom. The molecule has 3 N–H and O–H groups in total. The average Bonchev–Trinajstić information content (AvgIpc) is 3.20. The highest BCUT2D eigenvalue weighted by Crippen LogP contribution is 2.24. The molecule has 0 aliphatic rings. The van der Waals surface area contributed by atoms with Crippen molar-refractivity contribution < 1.29 is 23.9 Å². The van der Waals surface area contributed by atoms with Crippen LogP contribution in [0.25, 0.3) is 11.3 Å². The summed E-state index contributed by atoms with van der Waals surface area (Å²) >= 11 is 0. The van der Waals surface area contributed by atoms with Crippen LogP contribution in [0, 0.1) is 10.6 Å². The van der Waals surface area contributed by atoms with E-state index in [1.807, 2.05) is 69.3 Å². The number of carbonyl (C=O) groups is 1. The van der Waals surface area contributed by atoms with Crippen molar-refractivity contribution in [3.05, 3.63) is 76.7 Å². The molecule has 1 amide bonds. The van der Waals surface area contributed by atoms with Crippen LogP contribution >= 0.6 is 0 Å². The largest absolute Gasteiger partial charge is 0.625 e. The number of rotatable bonds is 7. The van der Waals surface area contributed by atoms with Crippen molar-refractivity contribution in [2.75, 3.05) is 0 Å². The molecular weight excluding hydrogens is 398 g/mol. The van der Waals surface area contributed by atoms with Gasteiger partial charge < -0.3 is 24.9 Å². The van der Waals surface area contributed by atoms with Crippen LogP contribution in [-0.2, 0) is 18.0 Å². The van der Waals surface area contributed by atoms with Gasteiger partial charge in [-0.2, -0.15) is 0 Å². The van der Waals surface area contributed by atoms with Gasteiger partial charge in [-0.1, -0.05) is 38.1 Å². The van der Waals surface area contributed by atoms with Gasteiger partial charge in [-0.25, -0.2) is 9.95 Å². The van der Waals surface area contributed by atoms with Gasteiger partial charge >= 0.3 is 6.09 Å². The Morgan fingerprint density at radius 1 is 1.13 bits per heavy atom. The number of aromatic nitrogens is 1. The standard InChI is InChI=1S/C23H25N3O5/c1-23(2,3)21(25-28)17-6-4-5-15(11-17)13-29-18-9-7-16(8-10-18)20-12-19(31-26-20)14-30-22(24)27/h4-12,25H,13-14H2,1-3H3,(H2-,24,27,28). The van der Waals surface area contributed by atoms with Gasteiger partial charge in [0, 0.05) is 22.6 Å². The minimum absolute atomic E-state index is 0.0706. The van der Waals surface area contributed by atoms with Gasteiger partial charge in [0.1, 0.15) is 18.1 Å². The Labute approximate surface area is 180 Å². The van der Waals surface area contributed by atoms with Crippen molar-refractivity contribution in [3.63, 3.8) is 0 Å². The average molecular weight is 423 g/mol. The van der Waals surface area contributed by atoms with Gasteiger partial charge in [-0.15, -0.1) is 0 Å². The van der Waals surface area contributed by atoms with E-state index >= 15 is 0 Å². The Balaban J connectivity index is 1.64. The molecule has 31 heavy (non-hydrogen) atoms. The highest BCUT2D eigenvalue weighted by atomic mass is 16.6. The number of nitrogens with two attached hydrogens (primary N) is 1. The molecule has 162 valence electrons. The summed E-state index contributed by atoms with van der Waals surface area (Å²) in [5.41, 5.74) is 8.52. The van der Waals surface area contributed by atoms with Crippen molar-refractivity contribution >= 4 is 11.8 Å². The maximum Gasteiger partial charge on any atom is 0.404 e. The first kappa shape index (κ1) is 21.9. The molecule has 0 unspecified atom stereocenters. The Hall–Kier alpha value is -3.81. The third kappa shape index (κ3) is 5.85. The van der Waals surface area contributed by atoms with E-state index in [4.69, 9.17) is 15.0 Å². The zero-order valence-corrected chi connectivity index (χ0v) is 17.7. The fraction of sp³-hybridized carbons (Fsp3) is 0.261. The highest BCUT2D eigenvalue weighted by Gasteiger charge is 2.25. The zero-order chi connectivity index (χ0) is 22.4. The lowest BCUT2D eigenvalue weighted by molar-refractivity contribution is -0.377. The predicted octanol–water partition coefficient (Wildman–Crippen LogP) is 2.93. The number of primary amides is 1. The summed E-state index contributed by atoms with van der Waals surface area (Å²) in [6.45, 7) is 6.25. The Bertz CT molecular complexity index is 1070. The Kier molecular flexibility index (Phi) is 6.59. The molecule has 0 saturated heterocycles. The third-order valence-electron chi connectivity index (χ3n) is 4.54. The minimum atomic E-state index is -0.873. The third-order valence-corrected chi connectivity index (χ3v) is 4.54. The van der Waals surface area contributed by atoms with E-state index in [1.54, 1.807) is 6.07 Å². The molecule has 0 fully saturated rings. The first-order valence-electron chi connectivity index (χ1n) is 9.72. The molecule has 1 aromatic heterocycles. The van der Waals surface area contributed by atoms with Crippen molar-refractivity contribution in [1.82, 2.24) is 5.16 Å². The minimum Gasteiger partial charge on any atom is -0.625 e. The molecule has 3 rings (SSSR count). The molecule has 8 nitrogen and oxygen atoms in total. The molecular formula is C23H25N3O5. The highest BCUT2D eigenvalue weighted by molar-refractivity contribution is 6.00. The Morgan fingerprint density at radius 3 is 2.52 bits per heavy atom. The van der Waals surface area contributed by atoms with Gasteiger partial charge in [-0.3, -0.25) is 0 Å². The molecule has 0 radical (unpaired) electrons. The number of hydrogen-bond donors (Lipinski definition) is 2. The van der Waals surface area contributed by atoms with Gasteiger partial charge in [-0.05, 0) is 42.0 Å². The lowest BCUT2D eigenvalue weighted by atomic mass is 9.85. The summed E-state index contributed by atoms with van der Waals surface area (Å²) in [5.74, 6) is 1.09. The molecule has 1 heterocycles. The second-order valence-electron chi connectivity index (χ2n) is 8.03. The predicted molar refractivity (Wildman–Crippen MR) is 115 cm³/mol. The van der Waals surface area contributed by atoms with E-state index in [0.29, 0.717) is 29.5 Å². The first-order valence-corrected chi connectivity index (χ1v) is 9.72. The monoisotopic (exact) mass is 423 g/mol. The lowest BCUT2D eigenvalue weighted by Crippen LogP contribution is -2.69. The van der Waals surface area contributed by atoms with Crippen molar-refractivity contribution in [2.24, 2.45) is 11.1 Å². The normalized spacial score (nSPS) is 11.9. The molecule has 8 heteroatoms. The number of ether oxygens (including phenoxy) is 2. The maximum absolute atomic E-state index is 11.4. The van der Waals surface area contributed by atoms with Crippen LogP contribution in [0.1, 0.15) is 37.7 Å². The van der Waals surface area contributed by atoms with Gasteiger partial charge in [0.2, 0.25) is 0 Å². The molecule has 0 aliphatic heterocycles. The second-order valence-corrected chi connectivity index (χ2v) is 8.03. The molecule has 0 aliphatic carbocycles. The summed E-state index contributed by atoms with van der Waals surface area (Å²) in [7, 11) is 0. The molecule has 0 spiro atoms.